The maximum atomic E-state index is 12.9. The highest BCUT2D eigenvalue weighted by atomic mass is 35.5. The molecule has 5 heteroatoms. The lowest BCUT2D eigenvalue weighted by Gasteiger charge is -2.20. The maximum absolute atomic E-state index is 12.9. The molecular weight excluding hydrogens is 267 g/mol. The first kappa shape index (κ1) is 13.5. The number of pyridine rings is 1. The predicted octanol–water partition coefficient (Wildman–Crippen LogP) is 3.54. The molecule has 0 saturated heterocycles. The second-order valence-corrected chi connectivity index (χ2v) is 4.26. The van der Waals surface area contributed by atoms with Crippen LogP contribution in [-0.2, 0) is 0 Å². The van der Waals surface area contributed by atoms with Gasteiger partial charge in [0, 0.05) is 12.2 Å². The van der Waals surface area contributed by atoms with Crippen molar-refractivity contribution < 1.29 is 9.18 Å². The first-order valence-electron chi connectivity index (χ1n) is 5.82. The van der Waals surface area contributed by atoms with Gasteiger partial charge in [-0.1, -0.05) is 17.7 Å². The van der Waals surface area contributed by atoms with E-state index in [0.717, 1.165) is 0 Å². The van der Waals surface area contributed by atoms with Crippen LogP contribution in [0.3, 0.4) is 0 Å². The Morgan fingerprint density at radius 1 is 1.26 bits per heavy atom. The lowest BCUT2D eigenvalue weighted by atomic mass is 10.2. The number of carbonyl (C=O) groups excluding carboxylic acids is 1. The van der Waals surface area contributed by atoms with Crippen molar-refractivity contribution in [2.24, 2.45) is 0 Å². The minimum Gasteiger partial charge on any atom is -0.307 e. The minimum atomic E-state index is -0.340. The summed E-state index contributed by atoms with van der Waals surface area (Å²) in [6.07, 6.45) is 0. The van der Waals surface area contributed by atoms with Crippen LogP contribution in [0.15, 0.2) is 42.5 Å². The largest absolute Gasteiger partial charge is 0.307 e. The first-order valence-corrected chi connectivity index (χ1v) is 6.19. The van der Waals surface area contributed by atoms with Crippen LogP contribution in [0, 0.1) is 5.82 Å². The average Bonchev–Trinajstić information content (AvgIpc) is 2.41. The summed E-state index contributed by atoms with van der Waals surface area (Å²) in [6.45, 7) is 2.30. The van der Waals surface area contributed by atoms with Crippen molar-refractivity contribution >= 4 is 23.2 Å². The molecule has 3 nitrogen and oxygen atoms in total. The fourth-order valence-electron chi connectivity index (χ4n) is 1.73. The number of aromatic nitrogens is 1. The highest BCUT2D eigenvalue weighted by Gasteiger charge is 2.17. The van der Waals surface area contributed by atoms with Crippen molar-refractivity contribution in [1.82, 2.24) is 4.98 Å². The molecule has 98 valence electrons. The van der Waals surface area contributed by atoms with Gasteiger partial charge in [-0.25, -0.2) is 9.37 Å². The zero-order valence-electron chi connectivity index (χ0n) is 10.3. The van der Waals surface area contributed by atoms with Gasteiger partial charge >= 0.3 is 0 Å². The SMILES string of the molecule is CCN(C(=O)c1cccc(Cl)n1)c1ccc(F)cc1. The van der Waals surface area contributed by atoms with Gasteiger partial charge in [0.25, 0.3) is 5.91 Å². The molecule has 1 amide bonds. The third-order valence-electron chi connectivity index (χ3n) is 2.63. The van der Waals surface area contributed by atoms with Crippen LogP contribution >= 0.6 is 11.6 Å². The standard InChI is InChI=1S/C14H12ClFN2O/c1-2-18(11-8-6-10(16)7-9-11)14(19)12-4-3-5-13(15)17-12/h3-9H,2H2,1H3. The number of benzene rings is 1. The van der Waals surface area contributed by atoms with E-state index in [1.54, 1.807) is 30.3 Å². The summed E-state index contributed by atoms with van der Waals surface area (Å²) in [6, 6.07) is 10.6. The lowest BCUT2D eigenvalue weighted by Crippen LogP contribution is -2.31. The summed E-state index contributed by atoms with van der Waals surface area (Å²) < 4.78 is 12.9. The summed E-state index contributed by atoms with van der Waals surface area (Å²) in [5, 5.41) is 0.265. The Labute approximate surface area is 115 Å². The Morgan fingerprint density at radius 3 is 2.53 bits per heavy atom. The smallest absolute Gasteiger partial charge is 0.276 e. The van der Waals surface area contributed by atoms with Crippen molar-refractivity contribution in [1.29, 1.82) is 0 Å². The topological polar surface area (TPSA) is 33.2 Å². The molecule has 19 heavy (non-hydrogen) atoms. The molecule has 0 aliphatic carbocycles. The summed E-state index contributed by atoms with van der Waals surface area (Å²) in [7, 11) is 0. The summed E-state index contributed by atoms with van der Waals surface area (Å²) in [5.74, 6) is -0.607. The van der Waals surface area contributed by atoms with Crippen LogP contribution < -0.4 is 4.90 Å². The maximum Gasteiger partial charge on any atom is 0.276 e. The second-order valence-electron chi connectivity index (χ2n) is 3.87. The number of amides is 1. The van der Waals surface area contributed by atoms with E-state index in [4.69, 9.17) is 11.6 Å². The molecule has 0 spiro atoms. The molecule has 1 aromatic carbocycles. The molecule has 0 radical (unpaired) electrons. The third-order valence-corrected chi connectivity index (χ3v) is 2.84. The number of rotatable bonds is 3. The third kappa shape index (κ3) is 3.09. The van der Waals surface area contributed by atoms with E-state index in [1.807, 2.05) is 6.92 Å². The van der Waals surface area contributed by atoms with Crippen LogP contribution in [0.4, 0.5) is 10.1 Å². The van der Waals surface area contributed by atoms with E-state index in [-0.39, 0.29) is 22.6 Å². The second kappa shape index (κ2) is 5.80. The Balaban J connectivity index is 2.31. The Bertz CT molecular complexity index is 586. The van der Waals surface area contributed by atoms with E-state index < -0.39 is 0 Å². The quantitative estimate of drug-likeness (QED) is 0.805. The van der Waals surface area contributed by atoms with Crippen molar-refractivity contribution in [3.05, 3.63) is 59.1 Å². The van der Waals surface area contributed by atoms with Crippen LogP contribution in [0.25, 0.3) is 0 Å². The molecule has 1 heterocycles. The van der Waals surface area contributed by atoms with Crippen molar-refractivity contribution in [2.45, 2.75) is 6.92 Å². The monoisotopic (exact) mass is 278 g/mol. The van der Waals surface area contributed by atoms with Crippen molar-refractivity contribution in [3.63, 3.8) is 0 Å². The molecule has 0 aliphatic heterocycles. The molecule has 1 aromatic heterocycles. The molecule has 0 aliphatic rings. The van der Waals surface area contributed by atoms with Gasteiger partial charge in [0.1, 0.15) is 16.7 Å². The predicted molar refractivity (Wildman–Crippen MR) is 73.0 cm³/mol. The van der Waals surface area contributed by atoms with Crippen molar-refractivity contribution in [3.8, 4) is 0 Å². The van der Waals surface area contributed by atoms with Gasteiger partial charge in [0.15, 0.2) is 0 Å². The number of carbonyl (C=O) groups is 1. The van der Waals surface area contributed by atoms with Crippen molar-refractivity contribution in [2.75, 3.05) is 11.4 Å². The molecule has 0 N–H and O–H groups in total. The van der Waals surface area contributed by atoms with E-state index in [1.165, 1.54) is 17.0 Å². The number of hydrogen-bond donors (Lipinski definition) is 0. The summed E-state index contributed by atoms with van der Waals surface area (Å²) >= 11 is 5.77. The molecule has 0 bridgehead atoms. The van der Waals surface area contributed by atoms with E-state index in [2.05, 4.69) is 4.98 Å². The molecule has 2 aromatic rings. The van der Waals surface area contributed by atoms with Gasteiger partial charge in [0.05, 0.1) is 0 Å². The Kier molecular flexibility index (Phi) is 4.12. The first-order chi connectivity index (χ1) is 9.11. The Hall–Kier alpha value is -1.94. The van der Waals surface area contributed by atoms with Gasteiger partial charge < -0.3 is 4.90 Å². The fourth-order valence-corrected chi connectivity index (χ4v) is 1.89. The average molecular weight is 279 g/mol. The number of anilines is 1. The molecule has 0 atom stereocenters. The normalized spacial score (nSPS) is 10.3. The van der Waals surface area contributed by atoms with Gasteiger partial charge in [0.2, 0.25) is 0 Å². The molecule has 0 unspecified atom stereocenters. The van der Waals surface area contributed by atoms with Gasteiger partial charge in [-0.2, -0.15) is 0 Å². The number of hydrogen-bond acceptors (Lipinski definition) is 2. The fraction of sp³-hybridized carbons (Fsp3) is 0.143. The minimum absolute atomic E-state index is 0.263. The summed E-state index contributed by atoms with van der Waals surface area (Å²) in [5.41, 5.74) is 0.884. The van der Waals surface area contributed by atoms with E-state index in [9.17, 15) is 9.18 Å². The summed E-state index contributed by atoms with van der Waals surface area (Å²) in [4.78, 5) is 17.8. The molecule has 0 saturated carbocycles. The number of halogens is 2. The molecule has 0 fully saturated rings. The van der Waals surface area contributed by atoms with Crippen LogP contribution in [0.2, 0.25) is 5.15 Å². The zero-order valence-corrected chi connectivity index (χ0v) is 11.1. The zero-order chi connectivity index (χ0) is 13.8. The van der Waals surface area contributed by atoms with Gasteiger partial charge in [-0.15, -0.1) is 0 Å². The highest BCUT2D eigenvalue weighted by Crippen LogP contribution is 2.17. The molecule has 2 rings (SSSR count). The van der Waals surface area contributed by atoms with Gasteiger partial charge in [-0.05, 0) is 43.3 Å². The van der Waals surface area contributed by atoms with Crippen LogP contribution in [0.1, 0.15) is 17.4 Å². The number of nitrogens with zero attached hydrogens (tertiary/aromatic N) is 2. The van der Waals surface area contributed by atoms with Gasteiger partial charge in [-0.3, -0.25) is 4.79 Å². The van der Waals surface area contributed by atoms with E-state index in [0.29, 0.717) is 12.2 Å². The van der Waals surface area contributed by atoms with Crippen LogP contribution in [-0.4, -0.2) is 17.4 Å². The molecular formula is C14H12ClFN2O. The Morgan fingerprint density at radius 2 is 1.95 bits per heavy atom. The van der Waals surface area contributed by atoms with Crippen LogP contribution in [0.5, 0.6) is 0 Å². The lowest BCUT2D eigenvalue weighted by molar-refractivity contribution is 0.0983. The highest BCUT2D eigenvalue weighted by molar-refractivity contribution is 6.29. The van der Waals surface area contributed by atoms with E-state index >= 15 is 0 Å².